The summed E-state index contributed by atoms with van der Waals surface area (Å²) in [5, 5.41) is 2.52. The van der Waals surface area contributed by atoms with E-state index < -0.39 is 0 Å². The van der Waals surface area contributed by atoms with Gasteiger partial charge < -0.3 is 4.74 Å². The van der Waals surface area contributed by atoms with Gasteiger partial charge in [-0.15, -0.1) is 11.3 Å². The molecule has 1 aromatic carbocycles. The van der Waals surface area contributed by atoms with Crippen molar-refractivity contribution in [1.82, 2.24) is 9.55 Å². The smallest absolute Gasteiger partial charge is 0.326 e. The molecule has 0 aliphatic heterocycles. The summed E-state index contributed by atoms with van der Waals surface area (Å²) >= 11 is 1.44. The van der Waals surface area contributed by atoms with Gasteiger partial charge in [-0.2, -0.15) is 0 Å². The van der Waals surface area contributed by atoms with Gasteiger partial charge in [-0.1, -0.05) is 43.2 Å². The minimum Gasteiger partial charge on any atom is -0.461 e. The molecule has 1 aliphatic carbocycles. The lowest BCUT2D eigenvalue weighted by Crippen LogP contribution is -2.30. The van der Waals surface area contributed by atoms with Crippen LogP contribution in [-0.4, -0.2) is 21.6 Å². The molecule has 28 heavy (non-hydrogen) atoms. The number of benzene rings is 1. The third kappa shape index (κ3) is 3.87. The number of rotatable bonds is 4. The molecule has 0 amide bonds. The van der Waals surface area contributed by atoms with Gasteiger partial charge in [-0.3, -0.25) is 14.2 Å². The molecule has 5 nitrogen and oxygen atoms in total. The fraction of sp³-hybridized carbons (Fsp3) is 0.409. The zero-order chi connectivity index (χ0) is 19.7. The van der Waals surface area contributed by atoms with Crippen LogP contribution in [0, 0.1) is 12.8 Å². The number of ether oxygens (including phenoxy) is 1. The van der Waals surface area contributed by atoms with Crippen LogP contribution in [0.2, 0.25) is 0 Å². The summed E-state index contributed by atoms with van der Waals surface area (Å²) in [5.41, 5.74) is 2.81. The minimum absolute atomic E-state index is 0.0343. The van der Waals surface area contributed by atoms with E-state index in [4.69, 9.17) is 4.74 Å². The molecule has 2 atom stereocenters. The van der Waals surface area contributed by atoms with Gasteiger partial charge in [0, 0.05) is 10.9 Å². The largest absolute Gasteiger partial charge is 0.461 e. The van der Waals surface area contributed by atoms with Crippen LogP contribution in [0.25, 0.3) is 21.3 Å². The highest BCUT2D eigenvalue weighted by Crippen LogP contribution is 2.31. The molecule has 6 heteroatoms. The third-order valence-electron chi connectivity index (χ3n) is 5.41. The number of aryl methyl sites for hydroxylation is 1. The van der Waals surface area contributed by atoms with Crippen molar-refractivity contribution < 1.29 is 9.53 Å². The molecule has 2 heterocycles. The molecule has 146 valence electrons. The maximum absolute atomic E-state index is 13.1. The van der Waals surface area contributed by atoms with Crippen molar-refractivity contribution in [3.8, 4) is 11.1 Å². The van der Waals surface area contributed by atoms with Gasteiger partial charge in [-0.05, 0) is 37.7 Å². The van der Waals surface area contributed by atoms with Gasteiger partial charge >= 0.3 is 5.97 Å². The summed E-state index contributed by atoms with van der Waals surface area (Å²) in [7, 11) is 0. The molecule has 2 aromatic heterocycles. The predicted molar refractivity (Wildman–Crippen MR) is 112 cm³/mol. The quantitative estimate of drug-likeness (QED) is 0.607. The molecule has 3 aromatic rings. The number of aromatic nitrogens is 2. The van der Waals surface area contributed by atoms with Gasteiger partial charge in [0.05, 0.1) is 11.7 Å². The zero-order valence-electron chi connectivity index (χ0n) is 16.2. The van der Waals surface area contributed by atoms with E-state index in [1.165, 1.54) is 34.2 Å². The SMILES string of the molecule is Cc1ccc(-c2csc3ncn(CC(=O)O[C@H]4CCC[C@H](C)C4)c(=O)c23)cc1. The Balaban J connectivity index is 1.59. The van der Waals surface area contributed by atoms with Crippen LogP contribution in [-0.2, 0) is 16.1 Å². The lowest BCUT2D eigenvalue weighted by molar-refractivity contribution is -0.152. The van der Waals surface area contributed by atoms with Gasteiger partial charge in [0.2, 0.25) is 0 Å². The van der Waals surface area contributed by atoms with Crippen molar-refractivity contribution >= 4 is 27.5 Å². The van der Waals surface area contributed by atoms with Gasteiger partial charge in [0.25, 0.3) is 5.56 Å². The van der Waals surface area contributed by atoms with Crippen LogP contribution in [0.1, 0.15) is 38.2 Å². The first-order valence-corrected chi connectivity index (χ1v) is 10.6. The molecule has 0 spiro atoms. The number of nitrogens with zero attached hydrogens (tertiary/aromatic N) is 2. The molecule has 0 radical (unpaired) electrons. The van der Waals surface area contributed by atoms with Crippen LogP contribution in [0.4, 0.5) is 0 Å². The fourth-order valence-electron chi connectivity index (χ4n) is 3.87. The summed E-state index contributed by atoms with van der Waals surface area (Å²) in [6.45, 7) is 4.12. The van der Waals surface area contributed by atoms with Gasteiger partial charge in [-0.25, -0.2) is 4.98 Å². The Bertz CT molecular complexity index is 1050. The first kappa shape index (κ1) is 18.9. The number of carbonyl (C=O) groups is 1. The predicted octanol–water partition coefficient (Wildman–Crippen LogP) is 4.56. The van der Waals surface area contributed by atoms with Crippen molar-refractivity contribution in [1.29, 1.82) is 0 Å². The number of thiophene rings is 1. The second kappa shape index (κ2) is 7.87. The first-order chi connectivity index (χ1) is 13.5. The monoisotopic (exact) mass is 396 g/mol. The van der Waals surface area contributed by atoms with E-state index in [9.17, 15) is 9.59 Å². The highest BCUT2D eigenvalue weighted by atomic mass is 32.1. The lowest BCUT2D eigenvalue weighted by atomic mass is 9.89. The maximum atomic E-state index is 13.1. The summed E-state index contributed by atoms with van der Waals surface area (Å²) in [6, 6.07) is 8.06. The zero-order valence-corrected chi connectivity index (χ0v) is 17.0. The van der Waals surface area contributed by atoms with Crippen molar-refractivity contribution in [3.63, 3.8) is 0 Å². The second-order valence-corrected chi connectivity index (χ2v) is 8.61. The third-order valence-corrected chi connectivity index (χ3v) is 6.30. The van der Waals surface area contributed by atoms with Crippen molar-refractivity contribution in [2.24, 2.45) is 5.92 Å². The molecule has 1 saturated carbocycles. The van der Waals surface area contributed by atoms with Crippen molar-refractivity contribution in [2.75, 3.05) is 0 Å². The molecule has 4 rings (SSSR count). The van der Waals surface area contributed by atoms with E-state index in [-0.39, 0.29) is 24.2 Å². The molecule has 0 N–H and O–H groups in total. The van der Waals surface area contributed by atoms with Crippen LogP contribution >= 0.6 is 11.3 Å². The molecular formula is C22H24N2O3S. The first-order valence-electron chi connectivity index (χ1n) is 9.74. The van der Waals surface area contributed by atoms with Crippen LogP contribution in [0.5, 0.6) is 0 Å². The lowest BCUT2D eigenvalue weighted by Gasteiger charge is -2.26. The highest BCUT2D eigenvalue weighted by molar-refractivity contribution is 7.17. The van der Waals surface area contributed by atoms with Crippen molar-refractivity contribution in [3.05, 3.63) is 51.9 Å². The van der Waals surface area contributed by atoms with Crippen LogP contribution in [0.3, 0.4) is 0 Å². The Morgan fingerprint density at radius 1 is 1.29 bits per heavy atom. The molecule has 0 saturated heterocycles. The van der Waals surface area contributed by atoms with E-state index in [1.54, 1.807) is 0 Å². The number of hydrogen-bond acceptors (Lipinski definition) is 5. The molecule has 0 unspecified atom stereocenters. The average Bonchev–Trinajstić information content (AvgIpc) is 3.09. The molecule has 0 bridgehead atoms. The summed E-state index contributed by atoms with van der Waals surface area (Å²) in [5.74, 6) is 0.213. The summed E-state index contributed by atoms with van der Waals surface area (Å²) < 4.78 is 6.98. The second-order valence-electron chi connectivity index (χ2n) is 7.76. The number of hydrogen-bond donors (Lipinski definition) is 0. The van der Waals surface area contributed by atoms with E-state index in [2.05, 4.69) is 11.9 Å². The van der Waals surface area contributed by atoms with E-state index in [0.29, 0.717) is 16.1 Å². The minimum atomic E-state index is -0.366. The van der Waals surface area contributed by atoms with Crippen molar-refractivity contribution in [2.45, 2.75) is 52.2 Å². The van der Waals surface area contributed by atoms with Gasteiger partial charge in [0.15, 0.2) is 0 Å². The number of esters is 1. The van der Waals surface area contributed by atoms with E-state index >= 15 is 0 Å². The fourth-order valence-corrected chi connectivity index (χ4v) is 4.78. The summed E-state index contributed by atoms with van der Waals surface area (Å²) in [4.78, 5) is 30.5. The number of fused-ring (bicyclic) bond motifs is 1. The average molecular weight is 397 g/mol. The highest BCUT2D eigenvalue weighted by Gasteiger charge is 2.23. The van der Waals surface area contributed by atoms with E-state index in [0.717, 1.165) is 30.4 Å². The molecule has 1 aliphatic rings. The van der Waals surface area contributed by atoms with E-state index in [1.807, 2.05) is 36.6 Å². The Morgan fingerprint density at radius 2 is 2.07 bits per heavy atom. The van der Waals surface area contributed by atoms with Crippen LogP contribution < -0.4 is 5.56 Å². The standard InChI is InChI=1S/C22H24N2O3S/c1-14-6-8-16(9-7-14)18-12-28-21-20(18)22(26)24(13-23-21)11-19(25)27-17-5-3-4-15(2)10-17/h6-9,12-13,15,17H,3-5,10-11H2,1-2H3/t15-,17-/m0/s1. The Hall–Kier alpha value is -2.47. The summed E-state index contributed by atoms with van der Waals surface area (Å²) in [6.07, 6.45) is 5.50. The molecular weight excluding hydrogens is 372 g/mol. The van der Waals surface area contributed by atoms with Gasteiger partial charge in [0.1, 0.15) is 17.5 Å². The van der Waals surface area contributed by atoms with Crippen LogP contribution in [0.15, 0.2) is 40.8 Å². The Labute approximate surface area is 168 Å². The number of carbonyl (C=O) groups excluding carboxylic acids is 1. The Kier molecular flexibility index (Phi) is 5.31. The normalized spacial score (nSPS) is 19.6. The Morgan fingerprint density at radius 3 is 2.82 bits per heavy atom. The molecule has 1 fully saturated rings. The topological polar surface area (TPSA) is 61.2 Å². The maximum Gasteiger partial charge on any atom is 0.326 e.